The highest BCUT2D eigenvalue weighted by atomic mass is 16.5. The van der Waals surface area contributed by atoms with Gasteiger partial charge in [-0.15, -0.1) is 0 Å². The third kappa shape index (κ3) is 5.92. The Bertz CT molecular complexity index is 1720. The highest BCUT2D eigenvalue weighted by molar-refractivity contribution is 6.22. The van der Waals surface area contributed by atoms with Crippen LogP contribution in [-0.2, 0) is 14.3 Å². The molecule has 0 spiro atoms. The second kappa shape index (κ2) is 12.5. The molecule has 220 valence electrons. The van der Waals surface area contributed by atoms with E-state index in [1.165, 1.54) is 46.9 Å². The zero-order valence-electron chi connectivity index (χ0n) is 23.8. The number of benzene rings is 4. The molecule has 0 radical (unpaired) electrons. The lowest BCUT2D eigenvalue weighted by molar-refractivity contribution is -0.122. The number of anilines is 1. The second-order valence-corrected chi connectivity index (χ2v) is 11.0. The number of hydrogen-bond acceptors (Lipinski definition) is 7. The average molecular weight is 588 g/mol. The number of carbonyl (C=O) groups is 5. The summed E-state index contributed by atoms with van der Waals surface area (Å²) in [5.74, 6) is -2.50. The van der Waals surface area contributed by atoms with E-state index in [0.717, 1.165) is 6.42 Å². The first-order chi connectivity index (χ1) is 21.4. The van der Waals surface area contributed by atoms with Crippen LogP contribution in [0.3, 0.4) is 0 Å². The average Bonchev–Trinajstić information content (AvgIpc) is 3.33. The van der Waals surface area contributed by atoms with Gasteiger partial charge in [-0.05, 0) is 85.3 Å². The minimum absolute atomic E-state index is 0.121. The lowest BCUT2D eigenvalue weighted by Crippen LogP contribution is -2.31. The van der Waals surface area contributed by atoms with Crippen LogP contribution >= 0.6 is 0 Å². The van der Waals surface area contributed by atoms with Crippen molar-refractivity contribution in [2.45, 2.75) is 25.2 Å². The lowest BCUT2D eigenvalue weighted by atomic mass is 9.73. The van der Waals surface area contributed by atoms with Gasteiger partial charge >= 0.3 is 11.9 Å². The fourth-order valence-corrected chi connectivity index (χ4v) is 5.98. The summed E-state index contributed by atoms with van der Waals surface area (Å²) in [6.45, 7) is -0.515. The fraction of sp³-hybridized carbons (Fsp3) is 0.194. The molecule has 0 aromatic heterocycles. The molecule has 0 N–H and O–H groups in total. The minimum Gasteiger partial charge on any atom is -0.454 e. The van der Waals surface area contributed by atoms with Crippen molar-refractivity contribution in [3.05, 3.63) is 131 Å². The first-order valence-electron chi connectivity index (χ1n) is 14.5. The van der Waals surface area contributed by atoms with E-state index >= 15 is 0 Å². The van der Waals surface area contributed by atoms with Crippen LogP contribution in [0, 0.1) is 11.8 Å². The molecule has 2 fully saturated rings. The van der Waals surface area contributed by atoms with Gasteiger partial charge in [0, 0.05) is 5.56 Å². The monoisotopic (exact) mass is 587 g/mol. The predicted molar refractivity (Wildman–Crippen MR) is 161 cm³/mol. The van der Waals surface area contributed by atoms with Crippen molar-refractivity contribution < 1.29 is 33.4 Å². The third-order valence-corrected chi connectivity index (χ3v) is 8.27. The van der Waals surface area contributed by atoms with Crippen LogP contribution in [0.1, 0.15) is 61.8 Å². The molecular weight excluding hydrogens is 558 g/mol. The number of hydrogen-bond donors (Lipinski definition) is 0. The van der Waals surface area contributed by atoms with Gasteiger partial charge in [0.2, 0.25) is 11.8 Å². The molecule has 0 unspecified atom stereocenters. The van der Waals surface area contributed by atoms with E-state index in [-0.39, 0.29) is 40.5 Å². The molecule has 4 aromatic carbocycles. The van der Waals surface area contributed by atoms with Crippen molar-refractivity contribution in [3.63, 3.8) is 0 Å². The number of ether oxygens (including phenoxy) is 2. The molecule has 1 aliphatic carbocycles. The highest BCUT2D eigenvalue weighted by Crippen LogP contribution is 2.45. The Kier molecular flexibility index (Phi) is 8.14. The molecule has 2 aliphatic rings. The summed E-state index contributed by atoms with van der Waals surface area (Å²) in [5.41, 5.74) is 2.28. The van der Waals surface area contributed by atoms with Gasteiger partial charge in [0.15, 0.2) is 12.4 Å². The molecule has 3 atom stereocenters. The Balaban J connectivity index is 1.07. The number of imide groups is 1. The Morgan fingerprint density at radius 2 is 1.32 bits per heavy atom. The minimum atomic E-state index is -0.755. The Morgan fingerprint density at radius 3 is 2.05 bits per heavy atom. The predicted octanol–water partition coefficient (Wildman–Crippen LogP) is 6.02. The second-order valence-electron chi connectivity index (χ2n) is 11.0. The topological polar surface area (TPSA) is 107 Å². The van der Waals surface area contributed by atoms with E-state index in [2.05, 4.69) is 12.1 Å². The van der Waals surface area contributed by atoms with Gasteiger partial charge in [-0.2, -0.15) is 0 Å². The summed E-state index contributed by atoms with van der Waals surface area (Å²) >= 11 is 0. The van der Waals surface area contributed by atoms with Gasteiger partial charge in [0.05, 0.1) is 28.7 Å². The number of Topliss-reactive ketones (excluding diaryl/α,β-unsaturated/α-hetero) is 1. The van der Waals surface area contributed by atoms with Crippen LogP contribution in [0.4, 0.5) is 5.69 Å². The smallest absolute Gasteiger partial charge is 0.343 e. The van der Waals surface area contributed by atoms with E-state index in [0.29, 0.717) is 24.1 Å². The van der Waals surface area contributed by atoms with Gasteiger partial charge < -0.3 is 9.47 Å². The van der Waals surface area contributed by atoms with Crippen LogP contribution in [0.25, 0.3) is 0 Å². The van der Waals surface area contributed by atoms with Crippen molar-refractivity contribution in [1.29, 1.82) is 0 Å². The van der Waals surface area contributed by atoms with Crippen molar-refractivity contribution in [1.82, 2.24) is 0 Å². The van der Waals surface area contributed by atoms with Gasteiger partial charge in [0.1, 0.15) is 5.75 Å². The van der Waals surface area contributed by atoms with E-state index in [1.54, 1.807) is 42.5 Å². The summed E-state index contributed by atoms with van der Waals surface area (Å²) in [6, 6.07) is 30.7. The van der Waals surface area contributed by atoms with Crippen LogP contribution in [-0.4, -0.2) is 36.1 Å². The molecule has 2 amide bonds. The first-order valence-corrected chi connectivity index (χ1v) is 14.5. The van der Waals surface area contributed by atoms with Crippen molar-refractivity contribution in [2.75, 3.05) is 11.5 Å². The van der Waals surface area contributed by atoms with Gasteiger partial charge in [-0.25, -0.2) is 9.59 Å². The SMILES string of the molecule is O=C(COC(=O)c1cccc(N2C(=O)[C@H]3CC[C@@H](c4ccccc4)C[C@H]3C2=O)c1)c1ccc(OC(=O)c2ccccc2)cc1. The van der Waals surface area contributed by atoms with Gasteiger partial charge in [-0.1, -0.05) is 54.6 Å². The van der Waals surface area contributed by atoms with Crippen molar-refractivity contribution >= 4 is 35.2 Å². The Morgan fingerprint density at radius 1 is 0.659 bits per heavy atom. The Labute approximate surface area is 254 Å². The number of amides is 2. The maximum atomic E-state index is 13.5. The number of carbonyl (C=O) groups excluding carboxylic acids is 5. The van der Waals surface area contributed by atoms with E-state index in [1.807, 2.05) is 18.2 Å². The van der Waals surface area contributed by atoms with E-state index in [4.69, 9.17) is 9.47 Å². The van der Waals surface area contributed by atoms with E-state index < -0.39 is 30.2 Å². The maximum absolute atomic E-state index is 13.5. The molecule has 44 heavy (non-hydrogen) atoms. The fourth-order valence-electron chi connectivity index (χ4n) is 5.98. The van der Waals surface area contributed by atoms with Crippen LogP contribution < -0.4 is 9.64 Å². The molecule has 1 aliphatic heterocycles. The largest absolute Gasteiger partial charge is 0.454 e. The quantitative estimate of drug-likeness (QED) is 0.107. The summed E-state index contributed by atoms with van der Waals surface area (Å²) in [6.07, 6.45) is 2.07. The van der Waals surface area contributed by atoms with Gasteiger partial charge in [0.25, 0.3) is 0 Å². The molecule has 0 bridgehead atoms. The molecular formula is C36H29NO7. The number of esters is 2. The number of nitrogens with zero attached hydrogens (tertiary/aromatic N) is 1. The molecule has 6 rings (SSSR count). The standard InChI is InChI=1S/C36H29NO7/c38-32(24-14-17-29(18-15-24)44-36(42)25-10-5-2-6-11-25)22-43-35(41)27-12-7-13-28(20-27)37-33(39)30-19-16-26(21-31(30)34(37)40)23-8-3-1-4-9-23/h1-15,17-18,20,26,30-31H,16,19,21-22H2/t26-,30+,31-/m1/s1. The Hall–Kier alpha value is -5.37. The zero-order chi connectivity index (χ0) is 30.6. The normalized spacial score (nSPS) is 19.3. The van der Waals surface area contributed by atoms with Gasteiger partial charge in [-0.3, -0.25) is 19.3 Å². The van der Waals surface area contributed by atoms with Crippen LogP contribution in [0.15, 0.2) is 109 Å². The third-order valence-electron chi connectivity index (χ3n) is 8.27. The highest BCUT2D eigenvalue weighted by Gasteiger charge is 2.50. The molecule has 8 nitrogen and oxygen atoms in total. The molecule has 1 saturated heterocycles. The summed E-state index contributed by atoms with van der Waals surface area (Å²) in [7, 11) is 0. The number of rotatable bonds is 8. The zero-order valence-corrected chi connectivity index (χ0v) is 23.8. The summed E-state index contributed by atoms with van der Waals surface area (Å²) < 4.78 is 10.6. The summed E-state index contributed by atoms with van der Waals surface area (Å²) in [5, 5.41) is 0. The summed E-state index contributed by atoms with van der Waals surface area (Å²) in [4.78, 5) is 65.7. The van der Waals surface area contributed by atoms with E-state index in [9.17, 15) is 24.0 Å². The molecule has 1 saturated carbocycles. The number of ketones is 1. The lowest BCUT2D eigenvalue weighted by Gasteiger charge is -2.28. The number of fused-ring (bicyclic) bond motifs is 1. The molecule has 4 aromatic rings. The maximum Gasteiger partial charge on any atom is 0.343 e. The molecule has 8 heteroatoms. The first kappa shape index (κ1) is 28.7. The molecule has 1 heterocycles. The van der Waals surface area contributed by atoms with Crippen molar-refractivity contribution in [2.24, 2.45) is 11.8 Å². The van der Waals surface area contributed by atoms with Crippen LogP contribution in [0.5, 0.6) is 5.75 Å². The van der Waals surface area contributed by atoms with Crippen molar-refractivity contribution in [3.8, 4) is 5.75 Å². The van der Waals surface area contributed by atoms with Crippen LogP contribution in [0.2, 0.25) is 0 Å².